The number of benzene rings is 1. The van der Waals surface area contributed by atoms with E-state index < -0.39 is 0 Å². The van der Waals surface area contributed by atoms with Gasteiger partial charge in [0.15, 0.2) is 4.80 Å². The van der Waals surface area contributed by atoms with Gasteiger partial charge in [0, 0.05) is 22.0 Å². The fourth-order valence-electron chi connectivity index (χ4n) is 2.59. The first-order chi connectivity index (χ1) is 14.6. The minimum atomic E-state index is -0.273. The lowest BCUT2D eigenvalue weighted by Crippen LogP contribution is -2.17. The normalized spacial score (nSPS) is 11.9. The van der Waals surface area contributed by atoms with E-state index in [1.807, 2.05) is 52.7 Å². The Hall–Kier alpha value is -2.27. The number of aromatic nitrogens is 4. The van der Waals surface area contributed by atoms with Gasteiger partial charge < -0.3 is 8.98 Å². The van der Waals surface area contributed by atoms with Gasteiger partial charge in [-0.05, 0) is 18.6 Å². The molecule has 0 atom stereocenters. The lowest BCUT2D eigenvalue weighted by atomic mass is 10.2. The van der Waals surface area contributed by atoms with Gasteiger partial charge in [-0.15, -0.1) is 32.9 Å². The molecule has 3 heterocycles. The Labute approximate surface area is 189 Å². The Morgan fingerprint density at radius 1 is 1.30 bits per heavy atom. The number of thioether (sulfide) groups is 1. The highest BCUT2D eigenvalue weighted by Gasteiger charge is 2.12. The van der Waals surface area contributed by atoms with Crippen molar-refractivity contribution in [3.63, 3.8) is 0 Å². The number of carbonyl (C=O) groups is 1. The number of carbonyl (C=O) groups excluding carboxylic acids is 1. The van der Waals surface area contributed by atoms with Crippen LogP contribution in [0, 0.1) is 6.92 Å². The van der Waals surface area contributed by atoms with Crippen molar-refractivity contribution in [2.45, 2.75) is 25.1 Å². The Balaban J connectivity index is 1.37. The predicted octanol–water partition coefficient (Wildman–Crippen LogP) is 4.21. The molecule has 0 fully saturated rings. The Morgan fingerprint density at radius 2 is 2.17 bits per heavy atom. The third kappa shape index (κ3) is 5.45. The largest absolute Gasteiger partial charge is 0.416 e. The summed E-state index contributed by atoms with van der Waals surface area (Å²) in [6, 6.07) is 7.61. The zero-order valence-corrected chi connectivity index (χ0v) is 19.0. The standard InChI is InChI=1S/C19H16ClN5O2S3/c1-12-21-14(10-29-12)8-17-23-24-19(27-17)30-11-16(26)22-18-25(6-7-28-18)9-13-4-2-3-5-15(13)20/h2-7,10H,8-9,11H2,1H3. The fourth-order valence-corrected chi connectivity index (χ4v) is 4.71. The first-order valence-electron chi connectivity index (χ1n) is 8.88. The van der Waals surface area contributed by atoms with Gasteiger partial charge in [0.1, 0.15) is 0 Å². The van der Waals surface area contributed by atoms with Crippen molar-refractivity contribution in [2.24, 2.45) is 4.99 Å². The summed E-state index contributed by atoms with van der Waals surface area (Å²) in [6.45, 7) is 2.50. The fraction of sp³-hybridized carbons (Fsp3) is 0.211. The molecule has 154 valence electrons. The van der Waals surface area contributed by atoms with Crippen molar-refractivity contribution in [1.29, 1.82) is 0 Å². The Bertz CT molecular complexity index is 1230. The van der Waals surface area contributed by atoms with Gasteiger partial charge in [0.25, 0.3) is 11.1 Å². The molecule has 30 heavy (non-hydrogen) atoms. The molecule has 0 spiro atoms. The van der Waals surface area contributed by atoms with E-state index in [1.54, 1.807) is 11.3 Å². The molecular weight excluding hydrogens is 462 g/mol. The van der Waals surface area contributed by atoms with Crippen LogP contribution >= 0.6 is 46.0 Å². The SMILES string of the molecule is Cc1nc(Cc2nnc(SCC(=O)N=c3sccn3Cc3ccccc3Cl)o2)cs1. The van der Waals surface area contributed by atoms with Gasteiger partial charge in [0.05, 0.1) is 29.4 Å². The lowest BCUT2D eigenvalue weighted by Gasteiger charge is -2.05. The molecule has 0 aliphatic rings. The van der Waals surface area contributed by atoms with E-state index in [-0.39, 0.29) is 11.7 Å². The molecule has 4 rings (SSSR count). The van der Waals surface area contributed by atoms with E-state index in [4.69, 9.17) is 16.0 Å². The van der Waals surface area contributed by atoms with E-state index in [9.17, 15) is 4.79 Å². The molecule has 0 saturated carbocycles. The Kier molecular flexibility index (Phi) is 6.78. The second-order valence-electron chi connectivity index (χ2n) is 6.20. The zero-order valence-electron chi connectivity index (χ0n) is 15.8. The first kappa shape index (κ1) is 21.0. The van der Waals surface area contributed by atoms with Crippen molar-refractivity contribution in [3.05, 3.63) is 73.2 Å². The summed E-state index contributed by atoms with van der Waals surface area (Å²) in [5, 5.41) is 13.9. The summed E-state index contributed by atoms with van der Waals surface area (Å²) in [7, 11) is 0. The van der Waals surface area contributed by atoms with Gasteiger partial charge in [-0.3, -0.25) is 4.79 Å². The van der Waals surface area contributed by atoms with Crippen molar-refractivity contribution < 1.29 is 9.21 Å². The van der Waals surface area contributed by atoms with Crippen LogP contribution in [0.2, 0.25) is 5.02 Å². The molecule has 0 bridgehead atoms. The van der Waals surface area contributed by atoms with Gasteiger partial charge in [-0.2, -0.15) is 4.99 Å². The maximum absolute atomic E-state index is 12.3. The van der Waals surface area contributed by atoms with Crippen LogP contribution < -0.4 is 4.80 Å². The van der Waals surface area contributed by atoms with Crippen LogP contribution in [0.5, 0.6) is 0 Å². The van der Waals surface area contributed by atoms with Crippen molar-refractivity contribution in [3.8, 4) is 0 Å². The number of nitrogens with zero attached hydrogens (tertiary/aromatic N) is 5. The highest BCUT2D eigenvalue weighted by Crippen LogP contribution is 2.19. The molecular formula is C19H16ClN5O2S3. The highest BCUT2D eigenvalue weighted by atomic mass is 35.5. The molecule has 0 radical (unpaired) electrons. The molecule has 7 nitrogen and oxygen atoms in total. The third-order valence-electron chi connectivity index (χ3n) is 3.95. The molecule has 1 aromatic carbocycles. The smallest absolute Gasteiger partial charge is 0.277 e. The molecule has 0 N–H and O–H groups in total. The number of hydrogen-bond acceptors (Lipinski definition) is 8. The van der Waals surface area contributed by atoms with Gasteiger partial charge in [-0.1, -0.05) is 41.6 Å². The van der Waals surface area contributed by atoms with E-state index >= 15 is 0 Å². The van der Waals surface area contributed by atoms with Gasteiger partial charge >= 0.3 is 0 Å². The molecule has 11 heteroatoms. The van der Waals surface area contributed by atoms with Crippen LogP contribution in [0.3, 0.4) is 0 Å². The van der Waals surface area contributed by atoms with Gasteiger partial charge in [-0.25, -0.2) is 4.98 Å². The van der Waals surface area contributed by atoms with Gasteiger partial charge in [0.2, 0.25) is 5.89 Å². The second kappa shape index (κ2) is 9.69. The zero-order chi connectivity index (χ0) is 20.9. The second-order valence-corrected chi connectivity index (χ2v) is 9.46. The lowest BCUT2D eigenvalue weighted by molar-refractivity contribution is -0.115. The quantitative estimate of drug-likeness (QED) is 0.370. The van der Waals surface area contributed by atoms with Crippen LogP contribution in [-0.4, -0.2) is 31.4 Å². The monoisotopic (exact) mass is 477 g/mol. The van der Waals surface area contributed by atoms with Crippen LogP contribution in [0.25, 0.3) is 0 Å². The minimum absolute atomic E-state index is 0.113. The van der Waals surface area contributed by atoms with Crippen molar-refractivity contribution in [2.75, 3.05) is 5.75 Å². The summed E-state index contributed by atoms with van der Waals surface area (Å²) in [4.78, 5) is 21.6. The summed E-state index contributed by atoms with van der Waals surface area (Å²) in [6.07, 6.45) is 2.37. The average molecular weight is 478 g/mol. The van der Waals surface area contributed by atoms with E-state index in [0.717, 1.165) is 16.3 Å². The number of rotatable bonds is 7. The van der Waals surface area contributed by atoms with Crippen LogP contribution in [0.1, 0.15) is 22.2 Å². The van der Waals surface area contributed by atoms with Crippen molar-refractivity contribution in [1.82, 2.24) is 19.7 Å². The van der Waals surface area contributed by atoms with Crippen LogP contribution in [0.4, 0.5) is 0 Å². The molecule has 1 amide bonds. The predicted molar refractivity (Wildman–Crippen MR) is 118 cm³/mol. The number of halogens is 1. The molecule has 0 aliphatic heterocycles. The Morgan fingerprint density at radius 3 is 2.97 bits per heavy atom. The molecule has 4 aromatic rings. The molecule has 0 unspecified atom stereocenters. The minimum Gasteiger partial charge on any atom is -0.416 e. The summed E-state index contributed by atoms with van der Waals surface area (Å²) >= 11 is 10.4. The maximum atomic E-state index is 12.3. The average Bonchev–Trinajstić information content (AvgIpc) is 3.45. The van der Waals surface area contributed by atoms with E-state index in [2.05, 4.69) is 20.2 Å². The molecule has 0 aliphatic carbocycles. The first-order valence-corrected chi connectivity index (χ1v) is 12.0. The van der Waals surface area contributed by atoms with Crippen LogP contribution in [0.15, 0.2) is 55.9 Å². The number of hydrogen-bond donors (Lipinski definition) is 0. The molecule has 0 saturated heterocycles. The topological polar surface area (TPSA) is 86.2 Å². The number of aryl methyl sites for hydroxylation is 1. The number of amides is 1. The summed E-state index contributed by atoms with van der Waals surface area (Å²) in [5.41, 5.74) is 1.86. The molecule has 3 aromatic heterocycles. The van der Waals surface area contributed by atoms with Crippen LogP contribution in [-0.2, 0) is 17.8 Å². The third-order valence-corrected chi connectivity index (χ3v) is 6.73. The van der Waals surface area contributed by atoms with E-state index in [0.29, 0.717) is 33.9 Å². The van der Waals surface area contributed by atoms with Crippen molar-refractivity contribution >= 4 is 51.9 Å². The van der Waals surface area contributed by atoms with E-state index in [1.165, 1.54) is 23.1 Å². The maximum Gasteiger partial charge on any atom is 0.277 e. The summed E-state index contributed by atoms with van der Waals surface area (Å²) in [5.74, 6) is 0.315. The summed E-state index contributed by atoms with van der Waals surface area (Å²) < 4.78 is 7.49. The highest BCUT2D eigenvalue weighted by molar-refractivity contribution is 7.99. The number of thiazole rings is 2.